The fraction of sp³-hybridized carbons (Fsp3) is 0. The zero-order chi connectivity index (χ0) is 15.8. The van der Waals surface area contributed by atoms with Gasteiger partial charge in [-0.15, -0.1) is 0 Å². The van der Waals surface area contributed by atoms with Crippen molar-refractivity contribution in [2.75, 3.05) is 0 Å². The van der Waals surface area contributed by atoms with Crippen molar-refractivity contribution in [2.45, 2.75) is 0 Å². The first kappa shape index (κ1) is 15.2. The van der Waals surface area contributed by atoms with Gasteiger partial charge in [-0.3, -0.25) is 4.55 Å². The normalized spacial score (nSPS) is 13.0. The summed E-state index contributed by atoms with van der Waals surface area (Å²) in [7, 11) is -4.98. The Morgan fingerprint density at radius 3 is 2.57 bits per heavy atom. The Hall–Kier alpha value is -2.15. The number of benzene rings is 1. The molecule has 1 unspecified atom stereocenters. The van der Waals surface area contributed by atoms with E-state index in [9.17, 15) is 27.1 Å². The predicted octanol–water partition coefficient (Wildman–Crippen LogP) is -0.147. The molecule has 1 atom stereocenters. The molecule has 10 nitrogen and oxygen atoms in total. The Morgan fingerprint density at radius 2 is 2.00 bits per heavy atom. The lowest BCUT2D eigenvalue weighted by molar-refractivity contribution is 0.362. The van der Waals surface area contributed by atoms with E-state index in [1.165, 1.54) is 0 Å². The number of aromatic hydroxyl groups is 1. The molecular formula is C9H5O10S2-. The lowest BCUT2D eigenvalue weighted by Crippen LogP contribution is -2.08. The number of phenols is 1. The molecule has 0 fully saturated rings. The molecule has 0 bridgehead atoms. The van der Waals surface area contributed by atoms with Gasteiger partial charge in [0.25, 0.3) is 0 Å². The van der Waals surface area contributed by atoms with Crippen LogP contribution >= 0.6 is 0 Å². The smallest absolute Gasteiger partial charge is 0.446 e. The van der Waals surface area contributed by atoms with Crippen LogP contribution < -0.4 is 14.0 Å². The Bertz CT molecular complexity index is 881. The quantitative estimate of drug-likeness (QED) is 0.435. The molecule has 2 N–H and O–H groups in total. The molecule has 12 heteroatoms. The first-order valence-corrected chi connectivity index (χ1v) is 7.28. The van der Waals surface area contributed by atoms with Crippen molar-refractivity contribution in [1.29, 1.82) is 0 Å². The van der Waals surface area contributed by atoms with Gasteiger partial charge >= 0.3 is 16.0 Å². The van der Waals surface area contributed by atoms with E-state index < -0.39 is 50.2 Å². The van der Waals surface area contributed by atoms with Crippen LogP contribution in [0.5, 0.6) is 17.2 Å². The molecule has 0 aliphatic heterocycles. The number of hydrogen-bond acceptors (Lipinski definition) is 9. The molecule has 1 aromatic carbocycles. The van der Waals surface area contributed by atoms with Crippen molar-refractivity contribution in [3.63, 3.8) is 0 Å². The van der Waals surface area contributed by atoms with Crippen LogP contribution in [0.15, 0.2) is 27.4 Å². The maximum Gasteiger partial charge on any atom is 0.446 e. The topological polar surface area (TPSA) is 163 Å². The standard InChI is InChI=1S/C9H6O10S2/c10-6-2-1-4-3-5(19-21(14,15)16)7(11)9(8(4)17-6)18-20(12)13/h1-3,11H,(H,12,13)(H,14,15,16)/p-1. The summed E-state index contributed by atoms with van der Waals surface area (Å²) in [6, 6.07) is 2.98. The Balaban J connectivity index is 2.79. The first-order valence-electron chi connectivity index (χ1n) is 4.91. The Labute approximate surface area is 119 Å². The number of rotatable bonds is 4. The fourth-order valence-corrected chi connectivity index (χ4v) is 2.11. The molecule has 1 heterocycles. The lowest BCUT2D eigenvalue weighted by atomic mass is 10.2. The Morgan fingerprint density at radius 1 is 1.33 bits per heavy atom. The zero-order valence-corrected chi connectivity index (χ0v) is 11.3. The van der Waals surface area contributed by atoms with E-state index in [0.717, 1.165) is 18.2 Å². The monoisotopic (exact) mass is 337 g/mol. The Kier molecular flexibility index (Phi) is 3.87. The molecule has 0 spiro atoms. The molecule has 0 saturated heterocycles. The van der Waals surface area contributed by atoms with Crippen LogP contribution in [0.25, 0.3) is 11.0 Å². The summed E-state index contributed by atoms with van der Waals surface area (Å²) < 4.78 is 64.1. The van der Waals surface area contributed by atoms with Crippen LogP contribution in [0.1, 0.15) is 0 Å². The van der Waals surface area contributed by atoms with Gasteiger partial charge < -0.3 is 22.4 Å². The van der Waals surface area contributed by atoms with E-state index in [1.807, 2.05) is 0 Å². The van der Waals surface area contributed by atoms with Gasteiger partial charge in [-0.25, -0.2) is 9.00 Å². The summed E-state index contributed by atoms with van der Waals surface area (Å²) in [6.07, 6.45) is 0. The van der Waals surface area contributed by atoms with Gasteiger partial charge in [0, 0.05) is 11.5 Å². The van der Waals surface area contributed by atoms with Crippen molar-refractivity contribution in [3.8, 4) is 17.2 Å². The number of fused-ring (bicyclic) bond motifs is 1. The van der Waals surface area contributed by atoms with E-state index in [1.54, 1.807) is 0 Å². The summed E-state index contributed by atoms with van der Waals surface area (Å²) in [4.78, 5) is 11.1. The number of hydrogen-bond donors (Lipinski definition) is 2. The van der Waals surface area contributed by atoms with Gasteiger partial charge in [0.2, 0.25) is 11.5 Å². The van der Waals surface area contributed by atoms with E-state index >= 15 is 0 Å². The third kappa shape index (κ3) is 3.49. The van der Waals surface area contributed by atoms with Gasteiger partial charge in [-0.05, 0) is 12.1 Å². The molecule has 0 radical (unpaired) electrons. The van der Waals surface area contributed by atoms with Crippen molar-refractivity contribution in [1.82, 2.24) is 0 Å². The highest BCUT2D eigenvalue weighted by Gasteiger charge is 2.21. The molecule has 2 rings (SSSR count). The van der Waals surface area contributed by atoms with Crippen LogP contribution in [0.3, 0.4) is 0 Å². The average molecular weight is 337 g/mol. The van der Waals surface area contributed by atoms with Crippen LogP contribution in [0.2, 0.25) is 0 Å². The van der Waals surface area contributed by atoms with Crippen molar-refractivity contribution < 1.29 is 39.6 Å². The first-order chi connectivity index (χ1) is 9.67. The molecule has 0 saturated carbocycles. The average Bonchev–Trinajstić information content (AvgIpc) is 2.33. The molecule has 21 heavy (non-hydrogen) atoms. The minimum Gasteiger partial charge on any atom is -0.740 e. The summed E-state index contributed by atoms with van der Waals surface area (Å²) in [5.74, 6) is -2.78. The molecular weight excluding hydrogens is 332 g/mol. The maximum atomic E-state index is 11.1. The van der Waals surface area contributed by atoms with Crippen LogP contribution in [-0.2, 0) is 21.8 Å². The van der Waals surface area contributed by atoms with Gasteiger partial charge in [0.15, 0.2) is 11.3 Å². The van der Waals surface area contributed by atoms with Crippen molar-refractivity contribution in [2.24, 2.45) is 0 Å². The van der Waals surface area contributed by atoms with Crippen molar-refractivity contribution in [3.05, 3.63) is 28.6 Å². The molecule has 0 aliphatic carbocycles. The minimum atomic E-state index is -4.98. The molecule has 1 aromatic heterocycles. The summed E-state index contributed by atoms with van der Waals surface area (Å²) in [6.45, 7) is 0. The van der Waals surface area contributed by atoms with E-state index in [-0.39, 0.29) is 5.39 Å². The fourth-order valence-electron chi connectivity index (χ4n) is 1.47. The van der Waals surface area contributed by atoms with Gasteiger partial charge in [-0.2, -0.15) is 8.42 Å². The second kappa shape index (κ2) is 5.33. The lowest BCUT2D eigenvalue weighted by Gasteiger charge is -2.13. The zero-order valence-electron chi connectivity index (χ0n) is 9.71. The van der Waals surface area contributed by atoms with Gasteiger partial charge in [0.1, 0.15) is 11.4 Å². The second-order valence-electron chi connectivity index (χ2n) is 3.52. The van der Waals surface area contributed by atoms with Crippen LogP contribution in [0.4, 0.5) is 0 Å². The summed E-state index contributed by atoms with van der Waals surface area (Å²) in [5, 5.41) is 9.71. The van der Waals surface area contributed by atoms with Crippen LogP contribution in [0, 0.1) is 0 Å². The summed E-state index contributed by atoms with van der Waals surface area (Å²) >= 11 is -3.16. The third-order valence-corrected chi connectivity index (χ3v) is 2.84. The maximum absolute atomic E-state index is 11.1. The van der Waals surface area contributed by atoms with E-state index in [0.29, 0.717) is 0 Å². The van der Waals surface area contributed by atoms with Gasteiger partial charge in [-0.1, -0.05) is 0 Å². The SMILES string of the molecule is O=c1ccc2cc(OS(=O)(=O)O)c(O)c(OS(=O)[O-])c2o1. The predicted molar refractivity (Wildman–Crippen MR) is 65.9 cm³/mol. The van der Waals surface area contributed by atoms with E-state index in [4.69, 9.17) is 4.55 Å². The van der Waals surface area contributed by atoms with E-state index in [2.05, 4.69) is 12.8 Å². The molecule has 2 aromatic rings. The second-order valence-corrected chi connectivity index (χ2v) is 5.12. The molecule has 114 valence electrons. The third-order valence-electron chi connectivity index (χ3n) is 2.15. The molecule has 0 amide bonds. The van der Waals surface area contributed by atoms with Crippen molar-refractivity contribution >= 4 is 32.7 Å². The number of phenolic OH excluding ortho intramolecular Hbond substituents is 1. The van der Waals surface area contributed by atoms with Gasteiger partial charge in [0.05, 0.1) is 0 Å². The molecule has 0 aliphatic rings. The highest BCUT2D eigenvalue weighted by molar-refractivity contribution is 7.81. The largest absolute Gasteiger partial charge is 0.740 e. The highest BCUT2D eigenvalue weighted by Crippen LogP contribution is 2.43. The summed E-state index contributed by atoms with van der Waals surface area (Å²) in [5.41, 5.74) is -1.32. The minimum absolute atomic E-state index is 0.0218. The van der Waals surface area contributed by atoms with Crippen LogP contribution in [-0.4, -0.2) is 26.8 Å². The highest BCUT2D eigenvalue weighted by atomic mass is 32.3.